The lowest BCUT2D eigenvalue weighted by Crippen LogP contribution is -2.17. The standard InChI is InChI=1S/C43H81NO5S/c1-3-4-5-6-7-8-9-10-11-12-13-14-15-16-17-18-19-20-21-22-23-24-25-26-27-28-29-30-31-32-33-34-35-36-37-44-42(46)38-41(43(44)47)50(48,49)39-40(2)45/h36-38,40,45-47H,3-35,39H2,1-2H3. The van der Waals surface area contributed by atoms with Crippen LogP contribution in [0.25, 0.3) is 6.20 Å². The Morgan fingerprint density at radius 1 is 0.560 bits per heavy atom. The van der Waals surface area contributed by atoms with Crippen molar-refractivity contribution in [3.8, 4) is 11.8 Å². The van der Waals surface area contributed by atoms with Gasteiger partial charge in [-0.2, -0.15) is 0 Å². The Kier molecular flexibility index (Phi) is 30.0. The molecule has 0 saturated heterocycles. The van der Waals surface area contributed by atoms with Crippen LogP contribution in [0.4, 0.5) is 0 Å². The molecule has 0 aliphatic rings. The van der Waals surface area contributed by atoms with Crippen LogP contribution in [0.15, 0.2) is 17.0 Å². The number of rotatable bonds is 37. The minimum atomic E-state index is -3.88. The molecular formula is C43H81NO5S. The van der Waals surface area contributed by atoms with Gasteiger partial charge in [-0.3, -0.25) is 4.57 Å². The van der Waals surface area contributed by atoms with E-state index in [0.717, 1.165) is 29.9 Å². The van der Waals surface area contributed by atoms with Crippen molar-refractivity contribution in [2.75, 3.05) is 5.75 Å². The van der Waals surface area contributed by atoms with Crippen molar-refractivity contribution in [1.82, 2.24) is 4.57 Å². The second-order valence-electron chi connectivity index (χ2n) is 15.3. The third-order valence-electron chi connectivity index (χ3n) is 10.2. The van der Waals surface area contributed by atoms with Crippen molar-refractivity contribution in [1.29, 1.82) is 0 Å². The number of aromatic hydroxyl groups is 2. The van der Waals surface area contributed by atoms with Crippen LogP contribution in [0.1, 0.15) is 226 Å². The number of aromatic nitrogens is 1. The Labute approximate surface area is 309 Å². The molecule has 0 radical (unpaired) electrons. The van der Waals surface area contributed by atoms with Gasteiger partial charge in [0.1, 0.15) is 4.90 Å². The molecule has 1 unspecified atom stereocenters. The lowest BCUT2D eigenvalue weighted by atomic mass is 10.0. The zero-order valence-electron chi connectivity index (χ0n) is 32.9. The van der Waals surface area contributed by atoms with Gasteiger partial charge < -0.3 is 15.3 Å². The van der Waals surface area contributed by atoms with Crippen LogP contribution in [0.2, 0.25) is 0 Å². The van der Waals surface area contributed by atoms with Gasteiger partial charge in [0.05, 0.1) is 11.9 Å². The van der Waals surface area contributed by atoms with Crippen LogP contribution in [0.5, 0.6) is 11.8 Å². The Balaban J connectivity index is 1.79. The van der Waals surface area contributed by atoms with E-state index in [-0.39, 0.29) is 10.8 Å². The number of hydrogen-bond acceptors (Lipinski definition) is 5. The number of unbranched alkanes of at least 4 members (excludes halogenated alkanes) is 32. The molecule has 294 valence electrons. The number of aliphatic hydroxyl groups excluding tert-OH is 1. The lowest BCUT2D eigenvalue weighted by molar-refractivity contribution is 0.218. The zero-order chi connectivity index (χ0) is 36.5. The maximum absolute atomic E-state index is 12.3. The normalized spacial score (nSPS) is 12.8. The molecule has 1 rings (SSSR count). The summed E-state index contributed by atoms with van der Waals surface area (Å²) in [5, 5.41) is 29.7. The fourth-order valence-corrected chi connectivity index (χ4v) is 8.56. The Morgan fingerprint density at radius 3 is 1.16 bits per heavy atom. The van der Waals surface area contributed by atoms with Gasteiger partial charge in [0.2, 0.25) is 5.88 Å². The summed E-state index contributed by atoms with van der Waals surface area (Å²) in [4.78, 5) is -0.360. The molecule has 1 atom stereocenters. The van der Waals surface area contributed by atoms with E-state index in [1.807, 2.05) is 6.08 Å². The second-order valence-corrected chi connectivity index (χ2v) is 17.3. The Hall–Kier alpha value is -1.47. The summed E-state index contributed by atoms with van der Waals surface area (Å²) in [5.74, 6) is -1.37. The molecule has 0 amide bonds. The van der Waals surface area contributed by atoms with Gasteiger partial charge in [0.25, 0.3) is 0 Å². The highest BCUT2D eigenvalue weighted by Gasteiger charge is 2.26. The first kappa shape index (κ1) is 46.6. The quantitative estimate of drug-likeness (QED) is 0.0593. The molecule has 50 heavy (non-hydrogen) atoms. The van der Waals surface area contributed by atoms with E-state index in [1.54, 1.807) is 0 Å². The van der Waals surface area contributed by atoms with E-state index < -0.39 is 27.6 Å². The van der Waals surface area contributed by atoms with Crippen LogP contribution >= 0.6 is 0 Å². The molecule has 0 bridgehead atoms. The SMILES string of the molecule is CCCCCCCCCCCCCCCCCCCCCCCCCCCCCCCCCCC=Cn1c(O)cc(S(=O)(=O)CC(C)O)c1O. The zero-order valence-corrected chi connectivity index (χ0v) is 33.7. The average Bonchev–Trinajstić information content (AvgIpc) is 3.37. The molecule has 0 aliphatic heterocycles. The van der Waals surface area contributed by atoms with Crippen molar-refractivity contribution >= 4 is 16.0 Å². The van der Waals surface area contributed by atoms with Crippen molar-refractivity contribution in [2.24, 2.45) is 0 Å². The topological polar surface area (TPSA) is 99.8 Å². The van der Waals surface area contributed by atoms with E-state index in [4.69, 9.17) is 0 Å². The second kappa shape index (κ2) is 32.2. The fraction of sp³-hybridized carbons (Fsp3) is 0.860. The fourth-order valence-electron chi connectivity index (χ4n) is 7.08. The van der Waals surface area contributed by atoms with Gasteiger partial charge in [0, 0.05) is 12.3 Å². The number of allylic oxidation sites excluding steroid dienone is 1. The van der Waals surface area contributed by atoms with E-state index >= 15 is 0 Å². The maximum Gasteiger partial charge on any atom is 0.217 e. The van der Waals surface area contributed by atoms with Gasteiger partial charge >= 0.3 is 0 Å². The smallest absolute Gasteiger partial charge is 0.217 e. The van der Waals surface area contributed by atoms with Crippen LogP contribution in [0.3, 0.4) is 0 Å². The lowest BCUT2D eigenvalue weighted by Gasteiger charge is -2.05. The Bertz CT molecular complexity index is 1030. The summed E-state index contributed by atoms with van der Waals surface area (Å²) in [7, 11) is -3.88. The summed E-state index contributed by atoms with van der Waals surface area (Å²) in [6, 6.07) is 1.03. The van der Waals surface area contributed by atoms with Crippen molar-refractivity contribution < 1.29 is 23.7 Å². The number of sulfone groups is 1. The summed E-state index contributed by atoms with van der Waals surface area (Å²) >= 11 is 0. The highest BCUT2D eigenvalue weighted by atomic mass is 32.2. The van der Waals surface area contributed by atoms with Crippen molar-refractivity contribution in [2.45, 2.75) is 237 Å². The number of aliphatic hydroxyl groups is 1. The van der Waals surface area contributed by atoms with Gasteiger partial charge in [-0.05, 0) is 19.8 Å². The first-order valence-corrected chi connectivity index (χ1v) is 23.2. The molecule has 3 N–H and O–H groups in total. The maximum atomic E-state index is 12.3. The van der Waals surface area contributed by atoms with Gasteiger partial charge in [-0.25, -0.2) is 8.42 Å². The summed E-state index contributed by atoms with van der Waals surface area (Å²) in [6.45, 7) is 3.67. The molecule has 6 nitrogen and oxygen atoms in total. The molecule has 1 heterocycles. The van der Waals surface area contributed by atoms with E-state index in [2.05, 4.69) is 6.92 Å². The molecule has 1 aromatic heterocycles. The molecule has 7 heteroatoms. The predicted molar refractivity (Wildman–Crippen MR) is 215 cm³/mol. The first-order chi connectivity index (χ1) is 24.3. The summed E-state index contributed by atoms with van der Waals surface area (Å²) in [6.07, 6.45) is 47.8. The average molecular weight is 724 g/mol. The van der Waals surface area contributed by atoms with E-state index in [0.29, 0.717) is 0 Å². The van der Waals surface area contributed by atoms with Crippen LogP contribution in [-0.2, 0) is 9.84 Å². The van der Waals surface area contributed by atoms with Crippen LogP contribution in [-0.4, -0.2) is 40.2 Å². The third kappa shape index (κ3) is 25.5. The number of nitrogens with zero attached hydrogens (tertiary/aromatic N) is 1. The van der Waals surface area contributed by atoms with Crippen LogP contribution in [0, 0.1) is 0 Å². The molecule has 0 spiro atoms. The molecule has 0 aromatic carbocycles. The highest BCUT2D eigenvalue weighted by molar-refractivity contribution is 7.91. The summed E-state index contributed by atoms with van der Waals surface area (Å²) in [5.41, 5.74) is 0. The number of hydrogen-bond donors (Lipinski definition) is 3. The van der Waals surface area contributed by atoms with Gasteiger partial charge in [-0.15, -0.1) is 0 Å². The molecular weight excluding hydrogens is 643 g/mol. The van der Waals surface area contributed by atoms with Crippen molar-refractivity contribution in [3.63, 3.8) is 0 Å². The molecule has 0 aliphatic carbocycles. The predicted octanol–water partition coefficient (Wildman–Crippen LogP) is 13.4. The minimum Gasteiger partial charge on any atom is -0.494 e. The molecule has 0 saturated carbocycles. The molecule has 1 aromatic rings. The van der Waals surface area contributed by atoms with Gasteiger partial charge in [0.15, 0.2) is 15.7 Å². The molecule has 0 fully saturated rings. The largest absolute Gasteiger partial charge is 0.494 e. The Morgan fingerprint density at radius 2 is 0.860 bits per heavy atom. The minimum absolute atomic E-state index is 0.339. The third-order valence-corrected chi connectivity index (χ3v) is 12.1. The highest BCUT2D eigenvalue weighted by Crippen LogP contribution is 2.32. The first-order valence-electron chi connectivity index (χ1n) is 21.5. The summed E-state index contributed by atoms with van der Waals surface area (Å²) < 4.78 is 25.6. The van der Waals surface area contributed by atoms with Crippen molar-refractivity contribution in [3.05, 3.63) is 12.1 Å². The monoisotopic (exact) mass is 724 g/mol. The van der Waals surface area contributed by atoms with E-state index in [1.165, 1.54) is 206 Å². The van der Waals surface area contributed by atoms with Crippen LogP contribution < -0.4 is 0 Å². The van der Waals surface area contributed by atoms with Gasteiger partial charge in [-0.1, -0.05) is 212 Å². The van der Waals surface area contributed by atoms with E-state index in [9.17, 15) is 23.7 Å².